The largest absolute Gasteiger partial charge is 0.457 e. The molecule has 5 nitrogen and oxygen atoms in total. The van der Waals surface area contributed by atoms with Crippen LogP contribution in [-0.4, -0.2) is 34.5 Å². The van der Waals surface area contributed by atoms with E-state index in [0.29, 0.717) is 0 Å². The van der Waals surface area contributed by atoms with Crippen molar-refractivity contribution in [2.45, 2.75) is 77.9 Å². The van der Waals surface area contributed by atoms with Crippen molar-refractivity contribution < 1.29 is 14.3 Å². The highest BCUT2D eigenvalue weighted by atomic mass is 16.6. The summed E-state index contributed by atoms with van der Waals surface area (Å²) in [5.41, 5.74) is 3.36. The Kier molecular flexibility index (Phi) is 7.86. The third-order valence-electron chi connectivity index (χ3n) is 5.71. The summed E-state index contributed by atoms with van der Waals surface area (Å²) in [5.74, 6) is -0.375. The molecule has 1 saturated heterocycles. The average molecular weight is 437 g/mol. The number of unbranched alkanes of at least 4 members (excludes halogenated alkanes) is 1. The number of likely N-dealkylation sites (N-methyl/N-ethyl adjacent to an activating group) is 1. The molecule has 0 N–H and O–H groups in total. The van der Waals surface area contributed by atoms with Crippen molar-refractivity contribution in [3.05, 3.63) is 71.1 Å². The Morgan fingerprint density at radius 2 is 1.91 bits per heavy atom. The van der Waals surface area contributed by atoms with Crippen molar-refractivity contribution in [3.63, 3.8) is 0 Å². The predicted molar refractivity (Wildman–Crippen MR) is 128 cm³/mol. The van der Waals surface area contributed by atoms with Gasteiger partial charge in [-0.1, -0.05) is 49.7 Å². The maximum absolute atomic E-state index is 12.3. The normalized spacial score (nSPS) is 21.9. The Bertz CT molecular complexity index is 934. The number of benzene rings is 1. The minimum atomic E-state index is -0.534. The van der Waals surface area contributed by atoms with Gasteiger partial charge in [0.1, 0.15) is 17.9 Å². The van der Waals surface area contributed by atoms with E-state index in [-0.39, 0.29) is 24.3 Å². The molecular weight excluding hydrogens is 400 g/mol. The highest BCUT2D eigenvalue weighted by Crippen LogP contribution is 2.42. The third kappa shape index (κ3) is 6.05. The molecule has 0 aliphatic carbocycles. The molecule has 5 heteroatoms. The number of aryl methyl sites for hydroxylation is 1. The van der Waals surface area contributed by atoms with Gasteiger partial charge in [0.25, 0.3) is 0 Å². The number of nitrogens with zero attached hydrogens (tertiary/aromatic N) is 2. The van der Waals surface area contributed by atoms with Crippen molar-refractivity contribution in [1.82, 2.24) is 9.88 Å². The van der Waals surface area contributed by atoms with E-state index in [1.54, 1.807) is 6.08 Å². The van der Waals surface area contributed by atoms with Gasteiger partial charge in [0.15, 0.2) is 0 Å². The molecule has 0 spiro atoms. The van der Waals surface area contributed by atoms with Crippen LogP contribution in [0.15, 0.2) is 48.5 Å². The van der Waals surface area contributed by atoms with Crippen LogP contribution in [0, 0.1) is 0 Å². The van der Waals surface area contributed by atoms with E-state index < -0.39 is 5.60 Å². The molecule has 1 aromatic heterocycles. The van der Waals surface area contributed by atoms with Crippen LogP contribution in [-0.2, 0) is 20.7 Å². The number of hydrogen-bond acceptors (Lipinski definition) is 5. The first-order valence-corrected chi connectivity index (χ1v) is 11.5. The Hall–Kier alpha value is -2.50. The Balaban J connectivity index is 1.91. The molecule has 172 valence electrons. The summed E-state index contributed by atoms with van der Waals surface area (Å²) in [6.07, 6.45) is 6.04. The van der Waals surface area contributed by atoms with Crippen molar-refractivity contribution in [3.8, 4) is 0 Å². The van der Waals surface area contributed by atoms with Gasteiger partial charge in [0.05, 0.1) is 5.69 Å². The number of rotatable bonds is 7. The second kappa shape index (κ2) is 10.4. The van der Waals surface area contributed by atoms with Crippen LogP contribution in [0.1, 0.15) is 82.3 Å². The summed E-state index contributed by atoms with van der Waals surface area (Å²) in [6.45, 7) is 9.93. The van der Waals surface area contributed by atoms with E-state index in [1.165, 1.54) is 6.08 Å². The topological polar surface area (TPSA) is 51.7 Å². The lowest BCUT2D eigenvalue weighted by Crippen LogP contribution is -2.27. The number of hydrogen-bond donors (Lipinski definition) is 0. The summed E-state index contributed by atoms with van der Waals surface area (Å²) < 4.78 is 12.0. The second-order valence-electron chi connectivity index (χ2n) is 9.47. The monoisotopic (exact) mass is 436 g/mol. The molecule has 1 aromatic carbocycles. The van der Waals surface area contributed by atoms with E-state index in [0.717, 1.165) is 41.8 Å². The van der Waals surface area contributed by atoms with E-state index in [2.05, 4.69) is 50.1 Å². The number of carbonyl (C=O) groups excluding carboxylic acids is 1. The molecule has 3 unspecified atom stereocenters. The molecule has 1 fully saturated rings. The smallest absolute Gasteiger partial charge is 0.331 e. The lowest BCUT2D eigenvalue weighted by Gasteiger charge is -2.23. The van der Waals surface area contributed by atoms with Gasteiger partial charge in [-0.2, -0.15) is 0 Å². The van der Waals surface area contributed by atoms with Gasteiger partial charge in [0.2, 0.25) is 0 Å². The maximum atomic E-state index is 12.3. The summed E-state index contributed by atoms with van der Waals surface area (Å²) in [7, 11) is 2.07. The van der Waals surface area contributed by atoms with Crippen molar-refractivity contribution in [2.24, 2.45) is 0 Å². The van der Waals surface area contributed by atoms with Gasteiger partial charge in [-0.05, 0) is 65.3 Å². The fourth-order valence-electron chi connectivity index (χ4n) is 3.92. The Morgan fingerprint density at radius 1 is 1.19 bits per heavy atom. The standard InChI is InChI=1S/C27H36N2O3/c1-7-8-14-21-15-16-22(23(28-21)17-18-24(30)32-27(3,4)5)26-29(6)19(2)25(31-26)20-12-10-9-11-13-20/h9-13,15-19,25-26H,7-8,14H2,1-6H3/b18-17+. The van der Waals surface area contributed by atoms with Crippen LogP contribution < -0.4 is 0 Å². The Morgan fingerprint density at radius 3 is 2.56 bits per heavy atom. The molecule has 3 rings (SSSR count). The van der Waals surface area contributed by atoms with Gasteiger partial charge >= 0.3 is 5.97 Å². The molecule has 32 heavy (non-hydrogen) atoms. The van der Waals surface area contributed by atoms with Crippen LogP contribution in [0.4, 0.5) is 0 Å². The van der Waals surface area contributed by atoms with Crippen molar-refractivity contribution in [1.29, 1.82) is 0 Å². The molecule has 3 atom stereocenters. The highest BCUT2D eigenvalue weighted by molar-refractivity contribution is 5.87. The third-order valence-corrected chi connectivity index (χ3v) is 5.71. The summed E-state index contributed by atoms with van der Waals surface area (Å²) >= 11 is 0. The molecule has 0 bridgehead atoms. The lowest BCUT2D eigenvalue weighted by atomic mass is 10.0. The number of esters is 1. The van der Waals surface area contributed by atoms with E-state index in [1.807, 2.05) is 39.0 Å². The minimum Gasteiger partial charge on any atom is -0.457 e. The molecule has 1 aliphatic rings. The molecule has 0 saturated carbocycles. The second-order valence-corrected chi connectivity index (χ2v) is 9.47. The van der Waals surface area contributed by atoms with Crippen LogP contribution in [0.5, 0.6) is 0 Å². The summed E-state index contributed by atoms with van der Waals surface area (Å²) in [4.78, 5) is 19.4. The van der Waals surface area contributed by atoms with Crippen LogP contribution in [0.25, 0.3) is 6.08 Å². The van der Waals surface area contributed by atoms with Crippen LogP contribution in [0.3, 0.4) is 0 Å². The van der Waals surface area contributed by atoms with Gasteiger partial charge in [-0.25, -0.2) is 4.79 Å². The van der Waals surface area contributed by atoms with Crippen LogP contribution in [0.2, 0.25) is 0 Å². The number of aromatic nitrogens is 1. The zero-order valence-electron chi connectivity index (χ0n) is 20.2. The fourth-order valence-corrected chi connectivity index (χ4v) is 3.92. The van der Waals surface area contributed by atoms with E-state index in [9.17, 15) is 4.79 Å². The van der Waals surface area contributed by atoms with Gasteiger partial charge in [0, 0.05) is 23.4 Å². The first-order chi connectivity index (χ1) is 15.2. The van der Waals surface area contributed by atoms with Crippen molar-refractivity contribution in [2.75, 3.05) is 7.05 Å². The number of carbonyl (C=O) groups is 1. The first-order valence-electron chi connectivity index (χ1n) is 11.5. The molecule has 1 aliphatic heterocycles. The Labute approximate surface area is 192 Å². The predicted octanol–water partition coefficient (Wildman–Crippen LogP) is 5.87. The van der Waals surface area contributed by atoms with Gasteiger partial charge in [-0.3, -0.25) is 9.88 Å². The van der Waals surface area contributed by atoms with Gasteiger partial charge in [-0.15, -0.1) is 0 Å². The fraction of sp³-hybridized carbons (Fsp3) is 0.481. The minimum absolute atomic E-state index is 0.0337. The van der Waals surface area contributed by atoms with Crippen LogP contribution >= 0.6 is 0 Å². The van der Waals surface area contributed by atoms with E-state index in [4.69, 9.17) is 14.5 Å². The number of pyridine rings is 1. The molecule has 0 radical (unpaired) electrons. The summed E-state index contributed by atoms with van der Waals surface area (Å²) in [5, 5.41) is 0. The SMILES string of the molecule is CCCCc1ccc(C2OC(c3ccccc3)C(C)N2C)c(/C=C/C(=O)OC(C)(C)C)n1. The van der Waals surface area contributed by atoms with Crippen molar-refractivity contribution >= 4 is 12.0 Å². The zero-order valence-corrected chi connectivity index (χ0v) is 20.2. The zero-order chi connectivity index (χ0) is 23.3. The average Bonchev–Trinajstić information content (AvgIpc) is 3.05. The van der Waals surface area contributed by atoms with E-state index >= 15 is 0 Å². The number of ether oxygens (including phenoxy) is 2. The quantitative estimate of drug-likeness (QED) is 0.401. The first kappa shape index (κ1) is 24.1. The maximum Gasteiger partial charge on any atom is 0.331 e. The molecular formula is C27H36N2O3. The van der Waals surface area contributed by atoms with Gasteiger partial charge < -0.3 is 9.47 Å². The molecule has 2 aromatic rings. The summed E-state index contributed by atoms with van der Waals surface area (Å²) in [6, 6.07) is 14.7. The lowest BCUT2D eigenvalue weighted by molar-refractivity contribution is -0.148. The molecule has 0 amide bonds. The molecule has 2 heterocycles. The highest BCUT2D eigenvalue weighted by Gasteiger charge is 2.39.